The molecule has 0 aliphatic heterocycles. The van der Waals surface area contributed by atoms with Gasteiger partial charge in [0.05, 0.1) is 7.11 Å². The van der Waals surface area contributed by atoms with Gasteiger partial charge in [-0.1, -0.05) is 6.92 Å². The smallest absolute Gasteiger partial charge is 0.207 e. The van der Waals surface area contributed by atoms with Gasteiger partial charge in [-0.25, -0.2) is 0 Å². The van der Waals surface area contributed by atoms with Crippen molar-refractivity contribution < 1.29 is 14.2 Å². The third-order valence-corrected chi connectivity index (χ3v) is 2.75. The van der Waals surface area contributed by atoms with E-state index in [0.717, 1.165) is 12.0 Å². The highest BCUT2D eigenvalue weighted by atomic mass is 19.1. The molecular formula is C12H18FNO2. The van der Waals surface area contributed by atoms with Gasteiger partial charge in [0.2, 0.25) is 5.82 Å². The summed E-state index contributed by atoms with van der Waals surface area (Å²) in [6.45, 7) is 4.16. The highest BCUT2D eigenvalue weighted by molar-refractivity contribution is 5.48. The molecule has 0 fully saturated rings. The van der Waals surface area contributed by atoms with E-state index >= 15 is 0 Å². The second-order valence-corrected chi connectivity index (χ2v) is 3.96. The third-order valence-electron chi connectivity index (χ3n) is 2.75. The fraction of sp³-hybridized carbons (Fsp3) is 0.500. The number of methoxy groups -OCH3 is 1. The van der Waals surface area contributed by atoms with E-state index in [1.807, 2.05) is 6.92 Å². The van der Waals surface area contributed by atoms with Crippen LogP contribution in [0.25, 0.3) is 0 Å². The predicted molar refractivity (Wildman–Crippen MR) is 61.4 cm³/mol. The summed E-state index contributed by atoms with van der Waals surface area (Å²) in [5, 5.41) is 9.47. The molecule has 90 valence electrons. The van der Waals surface area contributed by atoms with Crippen molar-refractivity contribution in [1.29, 1.82) is 0 Å². The number of hydrogen-bond donors (Lipinski definition) is 2. The normalized spacial score (nSPS) is 12.6. The van der Waals surface area contributed by atoms with Crippen LogP contribution in [0, 0.1) is 12.7 Å². The van der Waals surface area contributed by atoms with Gasteiger partial charge in [0.1, 0.15) is 0 Å². The van der Waals surface area contributed by atoms with Gasteiger partial charge in [0.25, 0.3) is 0 Å². The second kappa shape index (κ2) is 5.16. The monoisotopic (exact) mass is 227 g/mol. The van der Waals surface area contributed by atoms with Crippen molar-refractivity contribution in [2.24, 2.45) is 5.73 Å². The lowest BCUT2D eigenvalue weighted by atomic mass is 9.94. The summed E-state index contributed by atoms with van der Waals surface area (Å²) in [4.78, 5) is 0. The molecule has 1 atom stereocenters. The van der Waals surface area contributed by atoms with E-state index in [-0.39, 0.29) is 17.4 Å². The Balaban J connectivity index is 3.27. The Hall–Kier alpha value is -1.29. The molecule has 1 aromatic rings. The lowest BCUT2D eigenvalue weighted by Gasteiger charge is -2.17. The Morgan fingerprint density at radius 1 is 1.56 bits per heavy atom. The fourth-order valence-electron chi connectivity index (χ4n) is 1.75. The number of ether oxygens (including phenoxy) is 1. The zero-order chi connectivity index (χ0) is 12.3. The van der Waals surface area contributed by atoms with E-state index in [0.29, 0.717) is 12.1 Å². The first-order valence-electron chi connectivity index (χ1n) is 5.28. The summed E-state index contributed by atoms with van der Waals surface area (Å²) in [6.07, 6.45) is 0.750. The third kappa shape index (κ3) is 2.27. The fourth-order valence-corrected chi connectivity index (χ4v) is 1.75. The molecule has 0 aromatic heterocycles. The molecule has 0 aliphatic carbocycles. The minimum absolute atomic E-state index is 0.105. The number of nitrogens with two attached hydrogens (primary N) is 1. The molecule has 1 unspecified atom stereocenters. The molecule has 1 aromatic carbocycles. The first-order valence-corrected chi connectivity index (χ1v) is 5.28. The van der Waals surface area contributed by atoms with Crippen LogP contribution in [-0.2, 0) is 0 Å². The van der Waals surface area contributed by atoms with Gasteiger partial charge in [-0.05, 0) is 37.4 Å². The van der Waals surface area contributed by atoms with Crippen LogP contribution in [0.3, 0.4) is 0 Å². The lowest BCUT2D eigenvalue weighted by Crippen LogP contribution is -2.07. The number of halogens is 1. The molecule has 0 heterocycles. The Kier molecular flexibility index (Phi) is 4.12. The average Bonchev–Trinajstić information content (AvgIpc) is 2.26. The molecule has 16 heavy (non-hydrogen) atoms. The van der Waals surface area contributed by atoms with E-state index in [4.69, 9.17) is 10.5 Å². The summed E-state index contributed by atoms with van der Waals surface area (Å²) >= 11 is 0. The predicted octanol–water partition coefficient (Wildman–Crippen LogP) is 2.30. The topological polar surface area (TPSA) is 55.5 Å². The van der Waals surface area contributed by atoms with Crippen LogP contribution in [0.15, 0.2) is 6.07 Å². The minimum Gasteiger partial charge on any atom is -0.505 e. The molecule has 0 spiro atoms. The molecule has 4 heteroatoms. The van der Waals surface area contributed by atoms with Crippen LogP contribution in [0.5, 0.6) is 11.5 Å². The molecule has 0 bridgehead atoms. The number of phenolic OH excluding ortho intramolecular Hbond substituents is 1. The van der Waals surface area contributed by atoms with Gasteiger partial charge in [-0.2, -0.15) is 4.39 Å². The van der Waals surface area contributed by atoms with Gasteiger partial charge in [-0.3, -0.25) is 0 Å². The number of benzene rings is 1. The maximum absolute atomic E-state index is 13.7. The van der Waals surface area contributed by atoms with Crippen molar-refractivity contribution in [3.63, 3.8) is 0 Å². The highest BCUT2D eigenvalue weighted by Gasteiger charge is 2.19. The largest absolute Gasteiger partial charge is 0.505 e. The quantitative estimate of drug-likeness (QED) is 0.829. The van der Waals surface area contributed by atoms with Crippen LogP contribution < -0.4 is 10.5 Å². The molecule has 0 saturated carbocycles. The molecule has 1 rings (SSSR count). The number of aromatic hydroxyl groups is 1. The van der Waals surface area contributed by atoms with Gasteiger partial charge < -0.3 is 15.6 Å². The maximum atomic E-state index is 13.7. The van der Waals surface area contributed by atoms with Gasteiger partial charge >= 0.3 is 0 Å². The molecule has 0 amide bonds. The van der Waals surface area contributed by atoms with Crippen LogP contribution in [-0.4, -0.2) is 18.8 Å². The molecule has 0 aliphatic rings. The number of aryl methyl sites for hydroxylation is 1. The standard InChI is InChI=1S/C12H18FNO2/c1-7(4-5-14)9-6-8(2)11(15)10(13)12(9)16-3/h6-7,15H,4-5,14H2,1-3H3. The van der Waals surface area contributed by atoms with E-state index in [1.165, 1.54) is 7.11 Å². The Morgan fingerprint density at radius 3 is 2.69 bits per heavy atom. The summed E-state index contributed by atoms with van der Waals surface area (Å²) in [6, 6.07) is 1.75. The summed E-state index contributed by atoms with van der Waals surface area (Å²) in [5.41, 5.74) is 6.74. The average molecular weight is 227 g/mol. The maximum Gasteiger partial charge on any atom is 0.207 e. The summed E-state index contributed by atoms with van der Waals surface area (Å²) in [5.74, 6) is -0.820. The van der Waals surface area contributed by atoms with Crippen LogP contribution in [0.4, 0.5) is 4.39 Å². The Morgan fingerprint density at radius 2 is 2.19 bits per heavy atom. The van der Waals surface area contributed by atoms with Gasteiger partial charge in [0.15, 0.2) is 11.5 Å². The van der Waals surface area contributed by atoms with Crippen molar-refractivity contribution in [2.75, 3.05) is 13.7 Å². The molecule has 3 N–H and O–H groups in total. The zero-order valence-corrected chi connectivity index (χ0v) is 9.88. The SMILES string of the molecule is COc1c(C(C)CCN)cc(C)c(O)c1F. The molecule has 0 radical (unpaired) electrons. The van der Waals surface area contributed by atoms with E-state index in [9.17, 15) is 9.50 Å². The summed E-state index contributed by atoms with van der Waals surface area (Å²) < 4.78 is 18.7. The molecular weight excluding hydrogens is 209 g/mol. The van der Waals surface area contributed by atoms with E-state index in [1.54, 1.807) is 13.0 Å². The number of hydrogen-bond acceptors (Lipinski definition) is 3. The van der Waals surface area contributed by atoms with Gasteiger partial charge in [-0.15, -0.1) is 0 Å². The van der Waals surface area contributed by atoms with Crippen LogP contribution in [0.2, 0.25) is 0 Å². The van der Waals surface area contributed by atoms with Gasteiger partial charge in [0, 0.05) is 5.56 Å². The lowest BCUT2D eigenvalue weighted by molar-refractivity contribution is 0.356. The first kappa shape index (κ1) is 12.8. The van der Waals surface area contributed by atoms with Crippen molar-refractivity contribution in [1.82, 2.24) is 0 Å². The van der Waals surface area contributed by atoms with Crippen molar-refractivity contribution in [3.05, 3.63) is 23.0 Å². The zero-order valence-electron chi connectivity index (χ0n) is 9.88. The minimum atomic E-state index is -0.693. The van der Waals surface area contributed by atoms with Crippen LogP contribution >= 0.6 is 0 Å². The van der Waals surface area contributed by atoms with E-state index in [2.05, 4.69) is 0 Å². The second-order valence-electron chi connectivity index (χ2n) is 3.96. The van der Waals surface area contributed by atoms with Crippen LogP contribution in [0.1, 0.15) is 30.4 Å². The highest BCUT2D eigenvalue weighted by Crippen LogP contribution is 2.37. The number of phenols is 1. The molecule has 0 saturated heterocycles. The first-order chi connectivity index (χ1) is 7.52. The Bertz CT molecular complexity index is 380. The van der Waals surface area contributed by atoms with E-state index < -0.39 is 5.82 Å². The van der Waals surface area contributed by atoms with Crippen molar-refractivity contribution in [2.45, 2.75) is 26.2 Å². The number of rotatable bonds is 4. The molecule has 3 nitrogen and oxygen atoms in total. The Labute approximate surface area is 95.0 Å². The van der Waals surface area contributed by atoms with Crippen molar-refractivity contribution in [3.8, 4) is 11.5 Å². The summed E-state index contributed by atoms with van der Waals surface area (Å²) in [7, 11) is 1.39. The van der Waals surface area contributed by atoms with Crippen molar-refractivity contribution >= 4 is 0 Å².